The zero-order chi connectivity index (χ0) is 23.1. The number of halogens is 1. The zero-order valence-electron chi connectivity index (χ0n) is 17.7. The molecule has 8 nitrogen and oxygen atoms in total. The molecule has 2 unspecified atom stereocenters. The van der Waals surface area contributed by atoms with E-state index in [0.29, 0.717) is 23.4 Å². The van der Waals surface area contributed by atoms with Crippen molar-refractivity contribution in [2.45, 2.75) is 61.1 Å². The van der Waals surface area contributed by atoms with E-state index in [-0.39, 0.29) is 38.2 Å². The maximum Gasteiger partial charge on any atom is 0.335 e. The number of esters is 1. The average molecular weight is 487 g/mol. The third-order valence-corrected chi connectivity index (χ3v) is 9.34. The number of carbonyl (C=O) groups is 1. The van der Waals surface area contributed by atoms with Gasteiger partial charge in [0, 0.05) is 11.4 Å². The second kappa shape index (κ2) is 9.04. The number of hydrogen-bond donors (Lipinski definition) is 2. The molecule has 1 fully saturated rings. The molecule has 4 rings (SSSR count). The van der Waals surface area contributed by atoms with Crippen LogP contribution in [-0.4, -0.2) is 67.7 Å². The SMILES string of the molecule is CCOC(=O)C1=CC2(CCC1S(=O)(=O)C1CCc3c(Cl)cccc31)O[C@H](CO)[C@@H](CO)O2. The molecular formula is C22H27ClO8S. The minimum atomic E-state index is -3.83. The molecule has 1 saturated heterocycles. The molecule has 2 aliphatic carbocycles. The molecule has 1 aromatic carbocycles. The number of aliphatic hydroxyl groups is 2. The van der Waals surface area contributed by atoms with E-state index in [0.717, 1.165) is 5.56 Å². The molecule has 1 aliphatic heterocycles. The first-order chi connectivity index (χ1) is 15.3. The molecule has 10 heteroatoms. The Morgan fingerprint density at radius 2 is 1.88 bits per heavy atom. The number of benzene rings is 1. The van der Waals surface area contributed by atoms with Gasteiger partial charge in [0.1, 0.15) is 12.2 Å². The van der Waals surface area contributed by atoms with Crippen LogP contribution in [0.3, 0.4) is 0 Å². The van der Waals surface area contributed by atoms with Gasteiger partial charge >= 0.3 is 5.97 Å². The highest BCUT2D eigenvalue weighted by atomic mass is 35.5. The van der Waals surface area contributed by atoms with Crippen LogP contribution in [-0.2, 0) is 35.3 Å². The smallest absolute Gasteiger partial charge is 0.335 e. The molecule has 32 heavy (non-hydrogen) atoms. The Balaban J connectivity index is 1.72. The Bertz CT molecular complexity index is 1010. The van der Waals surface area contributed by atoms with Crippen molar-refractivity contribution in [3.05, 3.63) is 46.0 Å². The Morgan fingerprint density at radius 3 is 2.50 bits per heavy atom. The van der Waals surface area contributed by atoms with Crippen LogP contribution in [0.2, 0.25) is 5.02 Å². The summed E-state index contributed by atoms with van der Waals surface area (Å²) in [4.78, 5) is 12.8. The second-order valence-corrected chi connectivity index (χ2v) is 11.0. The second-order valence-electron chi connectivity index (χ2n) is 8.26. The quantitative estimate of drug-likeness (QED) is 0.585. The molecule has 0 bridgehead atoms. The molecule has 2 N–H and O–H groups in total. The number of hydrogen-bond acceptors (Lipinski definition) is 8. The average Bonchev–Trinajstić information content (AvgIpc) is 3.36. The van der Waals surface area contributed by atoms with E-state index < -0.39 is 44.3 Å². The van der Waals surface area contributed by atoms with E-state index in [1.807, 2.05) is 0 Å². The van der Waals surface area contributed by atoms with Gasteiger partial charge in [0.2, 0.25) is 0 Å². The topological polar surface area (TPSA) is 119 Å². The van der Waals surface area contributed by atoms with Crippen LogP contribution in [0.15, 0.2) is 29.8 Å². The van der Waals surface area contributed by atoms with E-state index in [1.54, 1.807) is 25.1 Å². The lowest BCUT2D eigenvalue weighted by Gasteiger charge is -2.34. The molecule has 0 aromatic heterocycles. The highest BCUT2D eigenvalue weighted by Crippen LogP contribution is 2.47. The Morgan fingerprint density at radius 1 is 1.19 bits per heavy atom. The lowest BCUT2D eigenvalue weighted by atomic mass is 9.94. The normalized spacial score (nSPS) is 29.1. The van der Waals surface area contributed by atoms with Crippen molar-refractivity contribution < 1.29 is 37.6 Å². The number of fused-ring (bicyclic) bond motifs is 1. The monoisotopic (exact) mass is 486 g/mol. The van der Waals surface area contributed by atoms with Gasteiger partial charge in [-0.05, 0) is 49.5 Å². The Hall–Kier alpha value is -1.49. The van der Waals surface area contributed by atoms with Gasteiger partial charge in [0.05, 0.1) is 35.9 Å². The number of aliphatic hydroxyl groups excluding tert-OH is 2. The largest absolute Gasteiger partial charge is 0.463 e. The van der Waals surface area contributed by atoms with Crippen molar-refractivity contribution in [3.63, 3.8) is 0 Å². The third kappa shape index (κ3) is 3.99. The molecule has 176 valence electrons. The van der Waals surface area contributed by atoms with Crippen molar-refractivity contribution in [2.24, 2.45) is 0 Å². The highest BCUT2D eigenvalue weighted by Gasteiger charge is 2.53. The standard InChI is InChI=1S/C22H27ClO8S/c1-2-29-21(26)15-10-22(30-17(11-24)18(12-25)31-22)9-8-20(15)32(27,28)19-7-6-13-14(19)4-3-5-16(13)23/h3-5,10,17-20,24-25H,2,6-9,11-12H2,1H3/t17-,18-,19?,20?/m1/s1. The van der Waals surface area contributed by atoms with Crippen molar-refractivity contribution in [1.29, 1.82) is 0 Å². The van der Waals surface area contributed by atoms with Gasteiger partial charge < -0.3 is 24.4 Å². The molecule has 4 atom stereocenters. The van der Waals surface area contributed by atoms with Gasteiger partial charge in [0.25, 0.3) is 0 Å². The summed E-state index contributed by atoms with van der Waals surface area (Å²) in [5.41, 5.74) is 1.47. The molecule has 1 aromatic rings. The predicted molar refractivity (Wildman–Crippen MR) is 116 cm³/mol. The van der Waals surface area contributed by atoms with Crippen LogP contribution < -0.4 is 0 Å². The molecule has 0 saturated carbocycles. The number of carbonyl (C=O) groups excluding carboxylic acids is 1. The summed E-state index contributed by atoms with van der Waals surface area (Å²) in [6.07, 6.45) is 0.982. The van der Waals surface area contributed by atoms with Crippen LogP contribution in [0, 0.1) is 0 Å². The van der Waals surface area contributed by atoms with Crippen LogP contribution in [0.25, 0.3) is 0 Å². The minimum Gasteiger partial charge on any atom is -0.463 e. The summed E-state index contributed by atoms with van der Waals surface area (Å²) in [6.45, 7) is 0.966. The molecule has 1 spiro atoms. The van der Waals surface area contributed by atoms with E-state index in [4.69, 9.17) is 25.8 Å². The van der Waals surface area contributed by atoms with Crippen molar-refractivity contribution in [3.8, 4) is 0 Å². The number of sulfone groups is 1. The van der Waals surface area contributed by atoms with Gasteiger partial charge in [-0.15, -0.1) is 0 Å². The molecule has 0 amide bonds. The van der Waals surface area contributed by atoms with Gasteiger partial charge in [-0.2, -0.15) is 0 Å². The molecular weight excluding hydrogens is 460 g/mol. The number of ether oxygens (including phenoxy) is 3. The Labute approximate surface area is 192 Å². The van der Waals surface area contributed by atoms with Crippen LogP contribution in [0.1, 0.15) is 42.6 Å². The van der Waals surface area contributed by atoms with Crippen LogP contribution in [0.4, 0.5) is 0 Å². The van der Waals surface area contributed by atoms with Crippen LogP contribution >= 0.6 is 11.6 Å². The fourth-order valence-electron chi connectivity index (χ4n) is 4.93. The van der Waals surface area contributed by atoms with Gasteiger partial charge in [-0.3, -0.25) is 0 Å². The predicted octanol–water partition coefficient (Wildman–Crippen LogP) is 1.86. The van der Waals surface area contributed by atoms with E-state index in [2.05, 4.69) is 0 Å². The number of rotatable bonds is 6. The first kappa shape index (κ1) is 23.7. The minimum absolute atomic E-state index is 0.0381. The summed E-state index contributed by atoms with van der Waals surface area (Å²) in [6, 6.07) is 5.25. The zero-order valence-corrected chi connectivity index (χ0v) is 19.3. The Kier molecular flexibility index (Phi) is 6.68. The maximum atomic E-state index is 13.8. The summed E-state index contributed by atoms with van der Waals surface area (Å²) in [7, 11) is -3.83. The lowest BCUT2D eigenvalue weighted by Crippen LogP contribution is -2.42. The van der Waals surface area contributed by atoms with Gasteiger partial charge in [0.15, 0.2) is 15.6 Å². The highest BCUT2D eigenvalue weighted by molar-refractivity contribution is 7.92. The van der Waals surface area contributed by atoms with Gasteiger partial charge in [-0.1, -0.05) is 23.7 Å². The first-order valence-electron chi connectivity index (χ1n) is 10.7. The molecule has 1 heterocycles. The summed E-state index contributed by atoms with van der Waals surface area (Å²) >= 11 is 6.27. The fraction of sp³-hybridized carbons (Fsp3) is 0.591. The first-order valence-corrected chi connectivity index (χ1v) is 12.7. The van der Waals surface area contributed by atoms with E-state index >= 15 is 0 Å². The van der Waals surface area contributed by atoms with E-state index in [1.165, 1.54) is 6.08 Å². The van der Waals surface area contributed by atoms with Crippen LogP contribution in [0.5, 0.6) is 0 Å². The summed E-state index contributed by atoms with van der Waals surface area (Å²) in [5, 5.41) is 17.8. The maximum absolute atomic E-state index is 13.8. The third-order valence-electron chi connectivity index (χ3n) is 6.42. The lowest BCUT2D eigenvalue weighted by molar-refractivity contribution is -0.154. The van der Waals surface area contributed by atoms with Crippen molar-refractivity contribution in [1.82, 2.24) is 0 Å². The van der Waals surface area contributed by atoms with Crippen molar-refractivity contribution >= 4 is 27.4 Å². The van der Waals surface area contributed by atoms with E-state index in [9.17, 15) is 23.4 Å². The summed E-state index contributed by atoms with van der Waals surface area (Å²) in [5.74, 6) is -2.14. The molecule has 3 aliphatic rings. The fourth-order valence-corrected chi connectivity index (χ4v) is 7.59. The van der Waals surface area contributed by atoms with Crippen molar-refractivity contribution in [2.75, 3.05) is 19.8 Å². The summed E-state index contributed by atoms with van der Waals surface area (Å²) < 4.78 is 44.4. The van der Waals surface area contributed by atoms with Gasteiger partial charge in [-0.25, -0.2) is 13.2 Å². The molecule has 0 radical (unpaired) electrons.